The maximum absolute atomic E-state index is 13.9. The Morgan fingerprint density at radius 3 is 2.59 bits per heavy atom. The maximum Gasteiger partial charge on any atom is 0.195 e. The zero-order chi connectivity index (χ0) is 25.9. The molecule has 37 heavy (non-hydrogen) atoms. The van der Waals surface area contributed by atoms with Crippen LogP contribution in [0.25, 0.3) is 10.9 Å². The van der Waals surface area contributed by atoms with Crippen molar-refractivity contribution in [1.29, 1.82) is 5.26 Å². The van der Waals surface area contributed by atoms with Crippen LogP contribution in [0.2, 0.25) is 0 Å². The van der Waals surface area contributed by atoms with Gasteiger partial charge in [-0.1, -0.05) is 26.8 Å². The first-order valence-corrected chi connectivity index (χ1v) is 13.5. The summed E-state index contributed by atoms with van der Waals surface area (Å²) in [5.41, 5.74) is 6.81. The normalized spacial score (nSPS) is 20.9. The zero-order valence-electron chi connectivity index (χ0n) is 21.9. The van der Waals surface area contributed by atoms with Crippen molar-refractivity contribution in [2.45, 2.75) is 51.5 Å². The number of morpholine rings is 1. The van der Waals surface area contributed by atoms with Gasteiger partial charge in [0.15, 0.2) is 5.78 Å². The number of hydroxylamine groups is 3. The van der Waals surface area contributed by atoms with Crippen LogP contribution in [0.1, 0.15) is 71.9 Å². The fraction of sp³-hybridized carbons (Fsp3) is 0.467. The molecule has 3 aliphatic rings. The number of hydrogen-bond acceptors (Lipinski definition) is 5. The summed E-state index contributed by atoms with van der Waals surface area (Å²) in [6.07, 6.45) is 2.58. The number of H-pyrrole nitrogens is 1. The van der Waals surface area contributed by atoms with Gasteiger partial charge in [-0.15, -0.1) is 0 Å². The number of nitrogens with zero attached hydrogens (tertiary/aromatic N) is 3. The van der Waals surface area contributed by atoms with Crippen LogP contribution in [0.3, 0.4) is 0 Å². The van der Waals surface area contributed by atoms with Crippen LogP contribution < -0.4 is 4.90 Å². The highest BCUT2D eigenvalue weighted by Crippen LogP contribution is 2.46. The summed E-state index contributed by atoms with van der Waals surface area (Å²) in [4.78, 5) is 19.8. The van der Waals surface area contributed by atoms with Gasteiger partial charge in [0.25, 0.3) is 0 Å². The highest BCUT2D eigenvalue weighted by Gasteiger charge is 2.41. The monoisotopic (exact) mass is 498 g/mol. The third-order valence-corrected chi connectivity index (χ3v) is 9.00. The third-order valence-electron chi connectivity index (χ3n) is 9.00. The Bertz CT molecular complexity index is 1430. The van der Waals surface area contributed by atoms with Crippen LogP contribution in [0.5, 0.6) is 0 Å². The smallest absolute Gasteiger partial charge is 0.195 e. The van der Waals surface area contributed by atoms with Gasteiger partial charge >= 0.3 is 0 Å². The summed E-state index contributed by atoms with van der Waals surface area (Å²) in [6.45, 7) is 10.4. The van der Waals surface area contributed by atoms with Gasteiger partial charge in [-0.3, -0.25) is 4.79 Å². The predicted molar refractivity (Wildman–Crippen MR) is 144 cm³/mol. The molecule has 0 radical (unpaired) electrons. The quantitative estimate of drug-likeness (QED) is 0.414. The molecule has 2 saturated heterocycles. The molecule has 7 heteroatoms. The van der Waals surface area contributed by atoms with E-state index in [0.29, 0.717) is 31.9 Å². The molecule has 1 N–H and O–H groups in total. The van der Waals surface area contributed by atoms with E-state index < -0.39 is 5.41 Å². The van der Waals surface area contributed by atoms with Gasteiger partial charge in [-0.25, -0.2) is 0 Å². The van der Waals surface area contributed by atoms with Crippen molar-refractivity contribution in [3.05, 3.63) is 69.1 Å². The number of aromatic amines is 1. The predicted octanol–water partition coefficient (Wildman–Crippen LogP) is 4.79. The van der Waals surface area contributed by atoms with E-state index in [4.69, 9.17) is 4.74 Å². The lowest BCUT2D eigenvalue weighted by atomic mass is 9.70. The first-order valence-electron chi connectivity index (χ1n) is 13.5. The Labute approximate surface area is 217 Å². The van der Waals surface area contributed by atoms with Crippen LogP contribution in [-0.4, -0.2) is 60.8 Å². The summed E-state index contributed by atoms with van der Waals surface area (Å²) < 4.78 is 5.33. The fourth-order valence-corrected chi connectivity index (χ4v) is 6.75. The third kappa shape index (κ3) is 3.70. The zero-order valence-corrected chi connectivity index (χ0v) is 21.9. The Kier molecular flexibility index (Phi) is 5.68. The van der Waals surface area contributed by atoms with E-state index in [0.717, 1.165) is 65.6 Å². The number of carbonyl (C=O) groups is 1. The number of rotatable bonds is 3. The lowest BCUT2D eigenvalue weighted by Crippen LogP contribution is -2.59. The Morgan fingerprint density at radius 2 is 1.92 bits per heavy atom. The number of aryl methyl sites for hydroxylation is 1. The second-order valence-corrected chi connectivity index (χ2v) is 11.3. The number of ether oxygens (including phenoxy) is 1. The van der Waals surface area contributed by atoms with Gasteiger partial charge in [0.1, 0.15) is 13.1 Å². The number of carbonyl (C=O) groups excluding carboxylic acids is 1. The van der Waals surface area contributed by atoms with Gasteiger partial charge in [0.05, 0.1) is 36.5 Å². The van der Waals surface area contributed by atoms with Crippen molar-refractivity contribution in [3.8, 4) is 6.07 Å². The molecule has 0 unspecified atom stereocenters. The molecular weight excluding hydrogens is 464 g/mol. The average Bonchev–Trinajstić information content (AvgIpc) is 3.32. The minimum absolute atomic E-state index is 0.0466. The SMILES string of the molecule is CCc1cc2c(cc1N1CCC([N+]3([O-])CCOCC3)CC1)C(C)(C)c1[nH]c3cc(C#N)ccc3c1C2=O. The van der Waals surface area contributed by atoms with Crippen LogP contribution in [-0.2, 0) is 16.6 Å². The number of nitriles is 1. The fourth-order valence-electron chi connectivity index (χ4n) is 6.75. The minimum atomic E-state index is -0.401. The Hall–Kier alpha value is -3.18. The van der Waals surface area contributed by atoms with Crippen LogP contribution in [0.15, 0.2) is 30.3 Å². The second-order valence-electron chi connectivity index (χ2n) is 11.3. The topological polar surface area (TPSA) is 92.2 Å². The number of anilines is 1. The number of ketones is 1. The molecule has 2 aromatic carbocycles. The van der Waals surface area contributed by atoms with Gasteiger partial charge in [-0.05, 0) is 41.8 Å². The van der Waals surface area contributed by atoms with E-state index >= 15 is 0 Å². The molecule has 6 rings (SSSR count). The molecule has 3 aromatic rings. The minimum Gasteiger partial charge on any atom is -0.632 e. The lowest BCUT2D eigenvalue weighted by molar-refractivity contribution is -0.913. The molecule has 2 fully saturated rings. The van der Waals surface area contributed by atoms with Crippen LogP contribution in [0.4, 0.5) is 5.69 Å². The maximum atomic E-state index is 13.9. The van der Waals surface area contributed by atoms with Gasteiger partial charge < -0.3 is 24.5 Å². The molecule has 3 heterocycles. The van der Waals surface area contributed by atoms with E-state index in [2.05, 4.69) is 48.9 Å². The number of hydrogen-bond donors (Lipinski definition) is 1. The van der Waals surface area contributed by atoms with Gasteiger partial charge in [0.2, 0.25) is 0 Å². The molecular formula is C30H34N4O3. The molecule has 0 spiro atoms. The highest BCUT2D eigenvalue weighted by molar-refractivity contribution is 6.20. The summed E-state index contributed by atoms with van der Waals surface area (Å²) in [5.74, 6) is 0.0466. The molecule has 2 aliphatic heterocycles. The number of quaternary nitrogens is 1. The standard InChI is InChI=1S/C30H34N4O3/c1-4-20-16-23-24(17-26(20)33-9-7-21(8-10-33)34(36)11-13-37-14-12-34)30(2,3)29-27(28(23)35)22-6-5-19(18-31)15-25(22)32-29/h5-6,15-17,21,32H,4,7-14H2,1-3H3. The van der Waals surface area contributed by atoms with Crippen molar-refractivity contribution in [1.82, 2.24) is 4.98 Å². The molecule has 192 valence electrons. The molecule has 0 amide bonds. The van der Waals surface area contributed by atoms with Crippen molar-refractivity contribution < 1.29 is 14.2 Å². The molecule has 1 aromatic heterocycles. The highest BCUT2D eigenvalue weighted by atomic mass is 16.6. The molecule has 0 atom stereocenters. The second kappa shape index (κ2) is 8.70. The summed E-state index contributed by atoms with van der Waals surface area (Å²) in [5, 5.41) is 23.6. The molecule has 0 saturated carbocycles. The van der Waals surface area contributed by atoms with E-state index in [1.807, 2.05) is 12.1 Å². The first kappa shape index (κ1) is 24.2. The summed E-state index contributed by atoms with van der Waals surface area (Å²) in [7, 11) is 0. The lowest BCUT2D eigenvalue weighted by Gasteiger charge is -2.53. The number of benzene rings is 2. The van der Waals surface area contributed by atoms with Crippen molar-refractivity contribution >= 4 is 22.4 Å². The average molecular weight is 499 g/mol. The van der Waals surface area contributed by atoms with Crippen LogP contribution in [0, 0.1) is 16.5 Å². The summed E-state index contributed by atoms with van der Waals surface area (Å²) >= 11 is 0. The van der Waals surface area contributed by atoms with Crippen molar-refractivity contribution in [2.24, 2.45) is 0 Å². The number of nitrogens with one attached hydrogen (secondary N) is 1. The first-order chi connectivity index (χ1) is 17.8. The van der Waals surface area contributed by atoms with Crippen molar-refractivity contribution in [3.63, 3.8) is 0 Å². The van der Waals surface area contributed by atoms with E-state index in [1.54, 1.807) is 6.07 Å². The molecule has 7 nitrogen and oxygen atoms in total. The van der Waals surface area contributed by atoms with Crippen molar-refractivity contribution in [2.75, 3.05) is 44.3 Å². The summed E-state index contributed by atoms with van der Waals surface area (Å²) in [6, 6.07) is 12.2. The molecule has 1 aliphatic carbocycles. The van der Waals surface area contributed by atoms with E-state index in [-0.39, 0.29) is 16.5 Å². The Morgan fingerprint density at radius 1 is 1.19 bits per heavy atom. The van der Waals surface area contributed by atoms with E-state index in [1.165, 1.54) is 11.3 Å². The number of fused-ring (bicyclic) bond motifs is 4. The largest absolute Gasteiger partial charge is 0.632 e. The van der Waals surface area contributed by atoms with Gasteiger partial charge in [0, 0.05) is 59.2 Å². The number of aromatic nitrogens is 1. The van der Waals surface area contributed by atoms with E-state index in [9.17, 15) is 15.3 Å². The number of piperidine rings is 1. The van der Waals surface area contributed by atoms with Crippen LogP contribution >= 0.6 is 0 Å². The Balaban J connectivity index is 1.37. The molecule has 0 bridgehead atoms. The van der Waals surface area contributed by atoms with Gasteiger partial charge in [-0.2, -0.15) is 5.26 Å².